The Kier molecular flexibility index (Phi) is 5.91. The number of rotatable bonds is 5. The quantitative estimate of drug-likeness (QED) is 0.665. The molecule has 1 N–H and O–H groups in total. The van der Waals surface area contributed by atoms with Gasteiger partial charge in [0.15, 0.2) is 0 Å². The zero-order valence-corrected chi connectivity index (χ0v) is 18.3. The van der Waals surface area contributed by atoms with Gasteiger partial charge in [-0.15, -0.1) is 0 Å². The highest BCUT2D eigenvalue weighted by Gasteiger charge is 2.25. The van der Waals surface area contributed by atoms with E-state index < -0.39 is 0 Å². The molecule has 1 aliphatic carbocycles. The van der Waals surface area contributed by atoms with Gasteiger partial charge in [-0.05, 0) is 74.9 Å². The van der Waals surface area contributed by atoms with E-state index in [0.717, 1.165) is 61.5 Å². The lowest BCUT2D eigenvalue weighted by molar-refractivity contribution is 0.0921. The van der Waals surface area contributed by atoms with E-state index in [-0.39, 0.29) is 11.9 Å². The Bertz CT molecular complexity index is 1150. The van der Waals surface area contributed by atoms with E-state index in [2.05, 4.69) is 31.9 Å². The lowest BCUT2D eigenvalue weighted by atomic mass is 9.84. The highest BCUT2D eigenvalue weighted by Crippen LogP contribution is 2.28. The lowest BCUT2D eigenvalue weighted by Crippen LogP contribution is -2.39. The van der Waals surface area contributed by atoms with Crippen LogP contribution in [-0.2, 0) is 13.1 Å². The van der Waals surface area contributed by atoms with Crippen molar-refractivity contribution in [1.82, 2.24) is 19.8 Å². The Labute approximate surface area is 188 Å². The van der Waals surface area contributed by atoms with Gasteiger partial charge < -0.3 is 9.88 Å². The van der Waals surface area contributed by atoms with Crippen molar-refractivity contribution in [3.8, 4) is 6.07 Å². The van der Waals surface area contributed by atoms with Crippen molar-refractivity contribution >= 4 is 16.8 Å². The summed E-state index contributed by atoms with van der Waals surface area (Å²) >= 11 is 0. The number of nitrogens with one attached hydrogen (secondary N) is 1. The summed E-state index contributed by atoms with van der Waals surface area (Å²) in [6.07, 6.45) is 7.41. The Hall–Kier alpha value is -3.17. The van der Waals surface area contributed by atoms with Crippen molar-refractivity contribution in [3.63, 3.8) is 0 Å². The molecule has 1 amide bonds. The maximum Gasteiger partial charge on any atom is 0.252 e. The fraction of sp³-hybridized carbons (Fsp3) is 0.423. The van der Waals surface area contributed by atoms with Crippen LogP contribution in [0.15, 0.2) is 48.7 Å². The lowest BCUT2D eigenvalue weighted by Gasteiger charge is -2.33. The zero-order valence-electron chi connectivity index (χ0n) is 18.3. The second kappa shape index (κ2) is 9.13. The highest BCUT2D eigenvalue weighted by atomic mass is 16.1. The van der Waals surface area contributed by atoms with Crippen LogP contribution < -0.4 is 5.32 Å². The Balaban J connectivity index is 1.09. The van der Waals surface area contributed by atoms with Crippen LogP contribution >= 0.6 is 0 Å². The minimum absolute atomic E-state index is 0.0140. The maximum absolute atomic E-state index is 12.9. The van der Waals surface area contributed by atoms with E-state index >= 15 is 0 Å². The molecule has 164 valence electrons. The molecule has 6 heteroatoms. The van der Waals surface area contributed by atoms with E-state index in [1.807, 2.05) is 36.4 Å². The zero-order chi connectivity index (χ0) is 21.9. The molecule has 1 fully saturated rings. The number of amides is 1. The normalized spacial score (nSPS) is 21.1. The average molecular weight is 428 g/mol. The summed E-state index contributed by atoms with van der Waals surface area (Å²) in [4.78, 5) is 19.8. The second-order valence-electron chi connectivity index (χ2n) is 9.10. The fourth-order valence-electron chi connectivity index (χ4n) is 5.28. The molecule has 1 aliphatic heterocycles. The molecule has 3 heterocycles. The summed E-state index contributed by atoms with van der Waals surface area (Å²) in [6, 6.07) is 16.1. The number of benzene rings is 1. The topological polar surface area (TPSA) is 74.0 Å². The van der Waals surface area contributed by atoms with Gasteiger partial charge in [0.25, 0.3) is 5.91 Å². The number of fused-ring (bicyclic) bond motifs is 2. The van der Waals surface area contributed by atoms with E-state index in [1.165, 1.54) is 25.0 Å². The smallest absolute Gasteiger partial charge is 0.252 e. The third-order valence-corrected chi connectivity index (χ3v) is 7.14. The molecular weight excluding hydrogens is 398 g/mol. The second-order valence-corrected chi connectivity index (χ2v) is 9.10. The monoisotopic (exact) mass is 427 g/mol. The molecule has 0 saturated heterocycles. The Morgan fingerprint density at radius 3 is 2.81 bits per heavy atom. The van der Waals surface area contributed by atoms with Crippen LogP contribution in [0, 0.1) is 17.2 Å². The van der Waals surface area contributed by atoms with Crippen molar-refractivity contribution in [2.75, 3.05) is 13.1 Å². The van der Waals surface area contributed by atoms with E-state index in [0.29, 0.717) is 5.56 Å². The first-order valence-electron chi connectivity index (χ1n) is 11.7. The van der Waals surface area contributed by atoms with Crippen molar-refractivity contribution in [3.05, 3.63) is 65.6 Å². The number of hydrogen-bond acceptors (Lipinski definition) is 4. The predicted octanol–water partition coefficient (Wildman–Crippen LogP) is 4.10. The number of carbonyl (C=O) groups is 1. The van der Waals surface area contributed by atoms with Crippen molar-refractivity contribution < 1.29 is 4.79 Å². The number of nitriles is 1. The summed E-state index contributed by atoms with van der Waals surface area (Å²) in [5.74, 6) is 0.744. The Morgan fingerprint density at radius 2 is 1.97 bits per heavy atom. The number of nitrogens with zero attached hydrogens (tertiary/aromatic N) is 4. The summed E-state index contributed by atoms with van der Waals surface area (Å²) in [6.45, 7) is 3.97. The molecule has 0 atom stereocenters. The molecule has 3 aromatic rings. The van der Waals surface area contributed by atoms with E-state index in [4.69, 9.17) is 0 Å². The molecule has 2 aliphatic rings. The van der Waals surface area contributed by atoms with Crippen molar-refractivity contribution in [2.45, 2.75) is 51.2 Å². The van der Waals surface area contributed by atoms with Gasteiger partial charge in [-0.2, -0.15) is 5.26 Å². The molecule has 2 aromatic heterocycles. The van der Waals surface area contributed by atoms with Gasteiger partial charge in [-0.25, -0.2) is 0 Å². The summed E-state index contributed by atoms with van der Waals surface area (Å²) in [7, 11) is 0. The summed E-state index contributed by atoms with van der Waals surface area (Å²) in [5, 5.41) is 13.4. The van der Waals surface area contributed by atoms with Crippen LogP contribution in [0.5, 0.6) is 0 Å². The minimum atomic E-state index is 0.0140. The number of pyridine rings is 1. The average Bonchev–Trinajstić information content (AvgIpc) is 3.25. The van der Waals surface area contributed by atoms with Crippen LogP contribution in [-0.4, -0.2) is 39.5 Å². The number of carbonyl (C=O) groups excluding carboxylic acids is 1. The molecule has 32 heavy (non-hydrogen) atoms. The van der Waals surface area contributed by atoms with Crippen LogP contribution in [0.1, 0.15) is 53.8 Å². The Morgan fingerprint density at radius 1 is 1.09 bits per heavy atom. The largest absolute Gasteiger partial charge is 0.349 e. The third-order valence-electron chi connectivity index (χ3n) is 7.14. The molecule has 1 aromatic carbocycles. The first-order chi connectivity index (χ1) is 15.7. The molecule has 1 saturated carbocycles. The predicted molar refractivity (Wildman–Crippen MR) is 124 cm³/mol. The molecule has 0 bridgehead atoms. The number of hydrogen-bond donors (Lipinski definition) is 1. The molecule has 0 spiro atoms. The first kappa shape index (κ1) is 20.7. The van der Waals surface area contributed by atoms with Gasteiger partial charge in [0.2, 0.25) is 0 Å². The van der Waals surface area contributed by atoms with Crippen molar-refractivity contribution in [2.24, 2.45) is 5.92 Å². The third kappa shape index (κ3) is 4.26. The summed E-state index contributed by atoms with van der Waals surface area (Å²) in [5.41, 5.74) is 3.60. The number of aromatic nitrogens is 2. The van der Waals surface area contributed by atoms with Crippen LogP contribution in [0.25, 0.3) is 10.9 Å². The van der Waals surface area contributed by atoms with Gasteiger partial charge in [0.1, 0.15) is 11.8 Å². The molecule has 0 radical (unpaired) electrons. The SMILES string of the molecule is N#Cc1ccc2n1CCN(CC[C@H]1CC[C@H](NC(=O)c3cccc4ncccc34)CC1)C2. The van der Waals surface area contributed by atoms with Gasteiger partial charge in [0.05, 0.1) is 5.52 Å². The molecule has 6 nitrogen and oxygen atoms in total. The first-order valence-corrected chi connectivity index (χ1v) is 11.7. The standard InChI is InChI=1S/C26H29N5O/c27-17-21-10-11-22-18-30(15-16-31(21)22)14-12-19-6-8-20(9-7-19)29-26(32)24-3-1-5-25-23(24)4-2-13-28-25/h1-5,10-11,13,19-20H,6-9,12,14-16,18H2,(H,29,32)/t19-,20-. The van der Waals surface area contributed by atoms with E-state index in [1.54, 1.807) is 6.20 Å². The molecular formula is C26H29N5O. The fourth-order valence-corrected chi connectivity index (χ4v) is 5.28. The maximum atomic E-state index is 12.9. The van der Waals surface area contributed by atoms with Gasteiger partial charge >= 0.3 is 0 Å². The van der Waals surface area contributed by atoms with Crippen molar-refractivity contribution in [1.29, 1.82) is 5.26 Å². The molecule has 0 unspecified atom stereocenters. The van der Waals surface area contributed by atoms with Gasteiger partial charge in [-0.1, -0.05) is 12.1 Å². The van der Waals surface area contributed by atoms with Gasteiger partial charge in [0, 0.05) is 48.5 Å². The van der Waals surface area contributed by atoms with Gasteiger partial charge in [-0.3, -0.25) is 14.7 Å². The summed E-state index contributed by atoms with van der Waals surface area (Å²) < 4.78 is 2.15. The minimum Gasteiger partial charge on any atom is -0.349 e. The highest BCUT2D eigenvalue weighted by molar-refractivity contribution is 6.06. The van der Waals surface area contributed by atoms with E-state index in [9.17, 15) is 10.1 Å². The van der Waals surface area contributed by atoms with Crippen LogP contribution in [0.3, 0.4) is 0 Å². The van der Waals surface area contributed by atoms with Crippen LogP contribution in [0.4, 0.5) is 0 Å². The van der Waals surface area contributed by atoms with Crippen LogP contribution in [0.2, 0.25) is 0 Å². The molecule has 5 rings (SSSR count).